The van der Waals surface area contributed by atoms with Crippen molar-refractivity contribution in [1.29, 1.82) is 0 Å². The van der Waals surface area contributed by atoms with Crippen LogP contribution in [0, 0.1) is 11.6 Å². The number of aromatic hydroxyl groups is 1. The first kappa shape index (κ1) is 19.8. The standard InChI is InChI=1S/C21H15F2N3O3S/c22-14-2-3-15(17(23)10-14)13-1-4-18(27)16(9-13)20(29)25-26-19(28)11-30-21(26)12-5-7-24-8-6-12/h1-10,21,27H,11H2,(H,25,29). The summed E-state index contributed by atoms with van der Waals surface area (Å²) < 4.78 is 27.3. The molecule has 2 heterocycles. The van der Waals surface area contributed by atoms with Gasteiger partial charge in [0.1, 0.15) is 22.8 Å². The summed E-state index contributed by atoms with van der Waals surface area (Å²) in [4.78, 5) is 29.1. The molecular formula is C21H15F2N3O3S. The Balaban J connectivity index is 1.62. The van der Waals surface area contributed by atoms with Crippen LogP contribution in [0.3, 0.4) is 0 Å². The number of nitrogens with one attached hydrogen (secondary N) is 1. The number of hydrogen-bond donors (Lipinski definition) is 2. The lowest BCUT2D eigenvalue weighted by atomic mass is 10.0. The zero-order valence-corrected chi connectivity index (χ0v) is 16.2. The van der Waals surface area contributed by atoms with Crippen LogP contribution in [-0.4, -0.2) is 32.7 Å². The van der Waals surface area contributed by atoms with Crippen LogP contribution in [-0.2, 0) is 4.79 Å². The van der Waals surface area contributed by atoms with Gasteiger partial charge < -0.3 is 5.11 Å². The maximum atomic E-state index is 14.1. The first-order valence-corrected chi connectivity index (χ1v) is 9.92. The molecule has 6 nitrogen and oxygen atoms in total. The van der Waals surface area contributed by atoms with Gasteiger partial charge in [-0.25, -0.2) is 13.8 Å². The molecule has 1 unspecified atom stereocenters. The fraction of sp³-hybridized carbons (Fsp3) is 0.0952. The van der Waals surface area contributed by atoms with E-state index in [1.807, 2.05) is 0 Å². The number of nitrogens with zero attached hydrogens (tertiary/aromatic N) is 2. The summed E-state index contributed by atoms with van der Waals surface area (Å²) in [6.07, 6.45) is 3.18. The van der Waals surface area contributed by atoms with Gasteiger partial charge in [-0.1, -0.05) is 6.07 Å². The average molecular weight is 427 g/mol. The number of rotatable bonds is 4. The Labute approximate surface area is 174 Å². The number of hydrogen-bond acceptors (Lipinski definition) is 5. The first-order valence-electron chi connectivity index (χ1n) is 8.87. The number of carbonyl (C=O) groups is 2. The highest BCUT2D eigenvalue weighted by molar-refractivity contribution is 8.00. The monoisotopic (exact) mass is 427 g/mol. The Hall–Kier alpha value is -3.46. The molecule has 1 aliphatic heterocycles. The number of hydrazine groups is 1. The van der Waals surface area contributed by atoms with Gasteiger partial charge in [0.05, 0.1) is 11.3 Å². The summed E-state index contributed by atoms with van der Waals surface area (Å²) in [5, 5.41) is 10.9. The highest BCUT2D eigenvalue weighted by atomic mass is 32.2. The number of carbonyl (C=O) groups excluding carboxylic acids is 2. The van der Waals surface area contributed by atoms with E-state index in [1.54, 1.807) is 24.5 Å². The van der Waals surface area contributed by atoms with Gasteiger partial charge in [-0.15, -0.1) is 11.8 Å². The van der Waals surface area contributed by atoms with E-state index in [9.17, 15) is 23.5 Å². The topological polar surface area (TPSA) is 82.5 Å². The van der Waals surface area contributed by atoms with Crippen LogP contribution >= 0.6 is 11.8 Å². The zero-order valence-electron chi connectivity index (χ0n) is 15.4. The second-order valence-corrected chi connectivity index (χ2v) is 7.57. The van der Waals surface area contributed by atoms with Crippen molar-refractivity contribution < 1.29 is 23.5 Å². The molecule has 2 amide bonds. The second-order valence-electron chi connectivity index (χ2n) is 6.50. The van der Waals surface area contributed by atoms with Crippen molar-refractivity contribution in [2.45, 2.75) is 5.37 Å². The Bertz CT molecular complexity index is 1130. The van der Waals surface area contributed by atoms with Crippen molar-refractivity contribution in [3.8, 4) is 16.9 Å². The zero-order chi connectivity index (χ0) is 21.3. The van der Waals surface area contributed by atoms with E-state index >= 15 is 0 Å². The van der Waals surface area contributed by atoms with Crippen molar-refractivity contribution in [2.24, 2.45) is 0 Å². The Morgan fingerprint density at radius 2 is 1.90 bits per heavy atom. The van der Waals surface area contributed by atoms with E-state index in [-0.39, 0.29) is 34.1 Å². The maximum Gasteiger partial charge on any atom is 0.273 e. The Morgan fingerprint density at radius 1 is 1.13 bits per heavy atom. The molecule has 9 heteroatoms. The van der Waals surface area contributed by atoms with Gasteiger partial charge in [-0.2, -0.15) is 0 Å². The SMILES string of the molecule is O=C(NN1C(=O)CSC1c1ccncc1)c1cc(-c2ccc(F)cc2F)ccc1O. The average Bonchev–Trinajstić information content (AvgIpc) is 3.09. The minimum absolute atomic E-state index is 0.0768. The van der Waals surface area contributed by atoms with E-state index in [2.05, 4.69) is 10.4 Å². The van der Waals surface area contributed by atoms with Crippen LogP contribution in [0.4, 0.5) is 8.78 Å². The molecule has 0 bridgehead atoms. The van der Waals surface area contributed by atoms with Crippen molar-refractivity contribution >= 4 is 23.6 Å². The molecule has 1 aliphatic rings. The molecule has 1 fully saturated rings. The summed E-state index contributed by atoms with van der Waals surface area (Å²) in [7, 11) is 0. The lowest BCUT2D eigenvalue weighted by molar-refractivity contribution is -0.130. The minimum Gasteiger partial charge on any atom is -0.507 e. The molecule has 1 atom stereocenters. The van der Waals surface area contributed by atoms with Crippen LogP contribution < -0.4 is 5.43 Å². The third-order valence-electron chi connectivity index (χ3n) is 4.56. The molecule has 2 aromatic carbocycles. The fourth-order valence-electron chi connectivity index (χ4n) is 3.10. The highest BCUT2D eigenvalue weighted by Crippen LogP contribution is 2.37. The van der Waals surface area contributed by atoms with Gasteiger partial charge in [0.15, 0.2) is 0 Å². The minimum atomic E-state index is -0.795. The van der Waals surface area contributed by atoms with Crippen LogP contribution in [0.2, 0.25) is 0 Å². The fourth-order valence-corrected chi connectivity index (χ4v) is 4.21. The van der Waals surface area contributed by atoms with Gasteiger partial charge in [-0.05, 0) is 47.5 Å². The van der Waals surface area contributed by atoms with E-state index in [0.29, 0.717) is 0 Å². The van der Waals surface area contributed by atoms with Crippen molar-refractivity contribution in [2.75, 3.05) is 5.75 Å². The molecule has 1 saturated heterocycles. The summed E-state index contributed by atoms with van der Waals surface area (Å²) in [5.41, 5.74) is 3.52. The molecule has 152 valence electrons. The Morgan fingerprint density at radius 3 is 2.63 bits per heavy atom. The number of halogens is 2. The van der Waals surface area contributed by atoms with Crippen LogP contribution in [0.25, 0.3) is 11.1 Å². The predicted molar refractivity (Wildman–Crippen MR) is 107 cm³/mol. The third-order valence-corrected chi connectivity index (χ3v) is 5.78. The van der Waals surface area contributed by atoms with E-state index in [4.69, 9.17) is 0 Å². The van der Waals surface area contributed by atoms with E-state index in [0.717, 1.165) is 17.7 Å². The van der Waals surface area contributed by atoms with E-state index in [1.165, 1.54) is 41.0 Å². The third kappa shape index (κ3) is 3.84. The number of pyridine rings is 1. The number of aromatic nitrogens is 1. The second kappa shape index (κ2) is 8.11. The summed E-state index contributed by atoms with van der Waals surface area (Å²) in [6, 6.07) is 10.5. The molecule has 0 radical (unpaired) electrons. The van der Waals surface area contributed by atoms with Crippen LogP contribution in [0.5, 0.6) is 5.75 Å². The summed E-state index contributed by atoms with van der Waals surface area (Å²) in [6.45, 7) is 0. The van der Waals surface area contributed by atoms with Crippen LogP contribution in [0.1, 0.15) is 21.3 Å². The van der Waals surface area contributed by atoms with Gasteiger partial charge in [0.2, 0.25) is 0 Å². The number of thioether (sulfide) groups is 1. The molecule has 0 aliphatic carbocycles. The Kier molecular flexibility index (Phi) is 5.37. The molecule has 1 aromatic heterocycles. The van der Waals surface area contributed by atoms with Gasteiger partial charge in [-0.3, -0.25) is 20.0 Å². The van der Waals surface area contributed by atoms with Crippen LogP contribution in [0.15, 0.2) is 60.9 Å². The molecule has 30 heavy (non-hydrogen) atoms. The lowest BCUT2D eigenvalue weighted by Crippen LogP contribution is -2.44. The molecule has 3 aromatic rings. The maximum absolute atomic E-state index is 14.1. The van der Waals surface area contributed by atoms with Gasteiger partial charge in [0.25, 0.3) is 11.8 Å². The number of amides is 2. The predicted octanol–water partition coefficient (Wildman–Crippen LogP) is 3.65. The molecule has 0 spiro atoms. The normalized spacial score (nSPS) is 16.0. The highest BCUT2D eigenvalue weighted by Gasteiger charge is 2.34. The molecule has 2 N–H and O–H groups in total. The largest absolute Gasteiger partial charge is 0.507 e. The molecule has 0 saturated carbocycles. The van der Waals surface area contributed by atoms with Crippen molar-refractivity contribution in [3.63, 3.8) is 0 Å². The summed E-state index contributed by atoms with van der Waals surface area (Å²) in [5.74, 6) is -2.70. The number of phenols is 1. The lowest BCUT2D eigenvalue weighted by Gasteiger charge is -2.24. The molecule has 4 rings (SSSR count). The summed E-state index contributed by atoms with van der Waals surface area (Å²) >= 11 is 1.34. The van der Waals surface area contributed by atoms with E-state index < -0.39 is 22.9 Å². The van der Waals surface area contributed by atoms with Crippen molar-refractivity contribution in [3.05, 3.63) is 83.7 Å². The van der Waals surface area contributed by atoms with Gasteiger partial charge in [0, 0.05) is 24.0 Å². The first-order chi connectivity index (χ1) is 14.4. The van der Waals surface area contributed by atoms with Gasteiger partial charge >= 0.3 is 0 Å². The smallest absolute Gasteiger partial charge is 0.273 e. The quantitative estimate of drug-likeness (QED) is 0.664. The van der Waals surface area contributed by atoms with Crippen molar-refractivity contribution in [1.82, 2.24) is 15.4 Å². The number of phenolic OH excluding ortho intramolecular Hbond substituents is 1. The molecular weight excluding hydrogens is 412 g/mol. The number of benzene rings is 2.